The largest absolute Gasteiger partial charge is 0.463 e. The molecule has 2 aromatic carbocycles. The van der Waals surface area contributed by atoms with E-state index in [1.54, 1.807) is 30.5 Å². The normalized spacial score (nSPS) is 13.7. The second-order valence-corrected chi connectivity index (χ2v) is 7.33. The Hall–Kier alpha value is -3.67. The first kappa shape index (κ1) is 18.4. The first-order valence-electron chi connectivity index (χ1n) is 9.99. The maximum Gasteiger partial charge on any atom is 0.256 e. The minimum atomic E-state index is -0.447. The van der Waals surface area contributed by atoms with Gasteiger partial charge >= 0.3 is 0 Å². The smallest absolute Gasteiger partial charge is 0.256 e. The van der Waals surface area contributed by atoms with Crippen LogP contribution in [0.25, 0.3) is 22.4 Å². The van der Waals surface area contributed by atoms with Crippen molar-refractivity contribution in [2.24, 2.45) is 0 Å². The molecule has 4 aromatic rings. The number of hydrogen-bond donors (Lipinski definition) is 1. The first-order chi connectivity index (χ1) is 14.7. The standard InChI is InChI=1S/C24H20FN3O2/c25-18-8-5-10-21(28-12-3-4-13-28)23(18)27-24(29)17-15-20(22-11-6-14-30-22)26-19-9-2-1-7-16(17)19/h1-2,5-11,14-15H,3-4,12-13H2,(H,27,29). The molecule has 30 heavy (non-hydrogen) atoms. The summed E-state index contributed by atoms with van der Waals surface area (Å²) in [6.07, 6.45) is 3.68. The number of pyridine rings is 1. The number of furan rings is 1. The second-order valence-electron chi connectivity index (χ2n) is 7.33. The molecule has 1 aliphatic heterocycles. The summed E-state index contributed by atoms with van der Waals surface area (Å²) in [5.74, 6) is -0.261. The molecule has 1 amide bonds. The Bertz CT molecular complexity index is 1210. The number of benzene rings is 2. The number of nitrogens with zero attached hydrogens (tertiary/aromatic N) is 2. The maximum atomic E-state index is 14.7. The van der Waals surface area contributed by atoms with Crippen LogP contribution >= 0.6 is 0 Å². The van der Waals surface area contributed by atoms with Crippen molar-refractivity contribution in [1.29, 1.82) is 0 Å². The van der Waals surface area contributed by atoms with Gasteiger partial charge in [-0.05, 0) is 49.2 Å². The Balaban J connectivity index is 1.58. The molecule has 0 radical (unpaired) electrons. The molecule has 0 bridgehead atoms. The average molecular weight is 401 g/mol. The van der Waals surface area contributed by atoms with Crippen LogP contribution in [-0.4, -0.2) is 24.0 Å². The monoisotopic (exact) mass is 401 g/mol. The minimum Gasteiger partial charge on any atom is -0.463 e. The van der Waals surface area contributed by atoms with Gasteiger partial charge in [0.2, 0.25) is 0 Å². The molecule has 3 heterocycles. The van der Waals surface area contributed by atoms with Crippen molar-refractivity contribution in [1.82, 2.24) is 4.98 Å². The fourth-order valence-electron chi connectivity index (χ4n) is 3.95. The van der Waals surface area contributed by atoms with Gasteiger partial charge in [0, 0.05) is 18.5 Å². The van der Waals surface area contributed by atoms with Gasteiger partial charge in [0.1, 0.15) is 17.2 Å². The summed E-state index contributed by atoms with van der Waals surface area (Å²) < 4.78 is 20.2. The molecule has 1 aliphatic rings. The van der Waals surface area contributed by atoms with E-state index in [1.165, 1.54) is 6.07 Å². The molecule has 1 N–H and O–H groups in total. The fraction of sp³-hybridized carbons (Fsp3) is 0.167. The molecule has 5 rings (SSSR count). The molecule has 5 nitrogen and oxygen atoms in total. The van der Waals surface area contributed by atoms with E-state index in [0.717, 1.165) is 25.9 Å². The van der Waals surface area contributed by atoms with Gasteiger partial charge in [0.15, 0.2) is 5.76 Å². The van der Waals surface area contributed by atoms with Crippen LogP contribution in [0.5, 0.6) is 0 Å². The number of halogens is 1. The average Bonchev–Trinajstić information content (AvgIpc) is 3.48. The van der Waals surface area contributed by atoms with Crippen LogP contribution in [0.15, 0.2) is 71.3 Å². The lowest BCUT2D eigenvalue weighted by Gasteiger charge is -2.22. The lowest BCUT2D eigenvalue weighted by atomic mass is 10.1. The number of aromatic nitrogens is 1. The van der Waals surface area contributed by atoms with Gasteiger partial charge in [-0.3, -0.25) is 4.79 Å². The lowest BCUT2D eigenvalue weighted by Crippen LogP contribution is -2.22. The number of carbonyl (C=O) groups excluding carboxylic acids is 1. The maximum absolute atomic E-state index is 14.7. The molecular formula is C24H20FN3O2. The Morgan fingerprint density at radius 3 is 2.67 bits per heavy atom. The summed E-state index contributed by atoms with van der Waals surface area (Å²) >= 11 is 0. The summed E-state index contributed by atoms with van der Waals surface area (Å²) in [5, 5.41) is 3.52. The van der Waals surface area contributed by atoms with Gasteiger partial charge in [-0.2, -0.15) is 0 Å². The Kier molecular flexibility index (Phi) is 4.67. The Morgan fingerprint density at radius 2 is 1.87 bits per heavy atom. The van der Waals surface area contributed by atoms with Gasteiger partial charge in [-0.15, -0.1) is 0 Å². The van der Waals surface area contributed by atoms with Crippen molar-refractivity contribution < 1.29 is 13.6 Å². The molecule has 0 aliphatic carbocycles. The third-order valence-electron chi connectivity index (χ3n) is 5.41. The van der Waals surface area contributed by atoms with Crippen LogP contribution in [0, 0.1) is 5.82 Å². The van der Waals surface area contributed by atoms with Crippen molar-refractivity contribution in [3.63, 3.8) is 0 Å². The number of anilines is 2. The van der Waals surface area contributed by atoms with Crippen molar-refractivity contribution >= 4 is 28.2 Å². The summed E-state index contributed by atoms with van der Waals surface area (Å²) in [6, 6.07) is 17.6. The van der Waals surface area contributed by atoms with Gasteiger partial charge in [0.05, 0.1) is 23.0 Å². The van der Waals surface area contributed by atoms with Crippen LogP contribution in [0.2, 0.25) is 0 Å². The third kappa shape index (κ3) is 3.30. The molecule has 1 saturated heterocycles. The van der Waals surface area contributed by atoms with Crippen LogP contribution < -0.4 is 10.2 Å². The SMILES string of the molecule is O=C(Nc1c(F)cccc1N1CCCC1)c1cc(-c2ccco2)nc2ccccc12. The van der Waals surface area contributed by atoms with Crippen molar-refractivity contribution in [3.05, 3.63) is 78.3 Å². The summed E-state index contributed by atoms with van der Waals surface area (Å²) in [6.45, 7) is 1.71. The molecule has 0 unspecified atom stereocenters. The predicted molar refractivity (Wildman–Crippen MR) is 115 cm³/mol. The summed E-state index contributed by atoms with van der Waals surface area (Å²) in [4.78, 5) is 20.0. The molecule has 0 atom stereocenters. The van der Waals surface area contributed by atoms with Crippen molar-refractivity contribution in [3.8, 4) is 11.5 Å². The number of nitrogens with one attached hydrogen (secondary N) is 1. The topological polar surface area (TPSA) is 58.4 Å². The van der Waals surface area contributed by atoms with E-state index >= 15 is 0 Å². The number of hydrogen-bond acceptors (Lipinski definition) is 4. The number of carbonyl (C=O) groups is 1. The Morgan fingerprint density at radius 1 is 1.03 bits per heavy atom. The molecule has 1 fully saturated rings. The number of fused-ring (bicyclic) bond motifs is 1. The van der Waals surface area contributed by atoms with E-state index in [9.17, 15) is 9.18 Å². The number of para-hydroxylation sites is 2. The first-order valence-corrected chi connectivity index (χ1v) is 9.99. The molecule has 150 valence electrons. The van der Waals surface area contributed by atoms with E-state index in [1.807, 2.05) is 30.3 Å². The van der Waals surface area contributed by atoms with E-state index in [0.29, 0.717) is 33.6 Å². The van der Waals surface area contributed by atoms with Crippen LogP contribution in [0.1, 0.15) is 23.2 Å². The van der Waals surface area contributed by atoms with Crippen molar-refractivity contribution in [2.45, 2.75) is 12.8 Å². The van der Waals surface area contributed by atoms with Crippen molar-refractivity contribution in [2.75, 3.05) is 23.3 Å². The van der Waals surface area contributed by atoms with E-state index < -0.39 is 5.82 Å². The van der Waals surface area contributed by atoms with Crippen LogP contribution in [0.3, 0.4) is 0 Å². The highest BCUT2D eigenvalue weighted by atomic mass is 19.1. The zero-order chi connectivity index (χ0) is 20.5. The zero-order valence-corrected chi connectivity index (χ0v) is 16.3. The predicted octanol–water partition coefficient (Wildman–Crippen LogP) is 5.49. The van der Waals surface area contributed by atoms with E-state index in [4.69, 9.17) is 4.42 Å². The lowest BCUT2D eigenvalue weighted by molar-refractivity contribution is 0.102. The zero-order valence-electron chi connectivity index (χ0n) is 16.3. The number of rotatable bonds is 4. The van der Waals surface area contributed by atoms with Crippen LogP contribution in [0.4, 0.5) is 15.8 Å². The molecule has 2 aromatic heterocycles. The third-order valence-corrected chi connectivity index (χ3v) is 5.41. The number of amides is 1. The molecular weight excluding hydrogens is 381 g/mol. The highest BCUT2D eigenvalue weighted by molar-refractivity contribution is 6.14. The summed E-state index contributed by atoms with van der Waals surface area (Å²) in [7, 11) is 0. The van der Waals surface area contributed by atoms with Gasteiger partial charge in [0.25, 0.3) is 5.91 Å². The van der Waals surface area contributed by atoms with Crippen LogP contribution in [-0.2, 0) is 0 Å². The molecule has 0 spiro atoms. The highest BCUT2D eigenvalue weighted by Crippen LogP contribution is 2.32. The van der Waals surface area contributed by atoms with Gasteiger partial charge in [-0.1, -0.05) is 24.3 Å². The quantitative estimate of drug-likeness (QED) is 0.491. The van der Waals surface area contributed by atoms with E-state index in [2.05, 4.69) is 15.2 Å². The fourth-order valence-corrected chi connectivity index (χ4v) is 3.95. The molecule has 6 heteroatoms. The van der Waals surface area contributed by atoms with E-state index in [-0.39, 0.29) is 11.6 Å². The molecule has 0 saturated carbocycles. The van der Waals surface area contributed by atoms with Gasteiger partial charge in [-0.25, -0.2) is 9.37 Å². The highest BCUT2D eigenvalue weighted by Gasteiger charge is 2.22. The minimum absolute atomic E-state index is 0.213. The van der Waals surface area contributed by atoms with Gasteiger partial charge < -0.3 is 14.6 Å². The Labute approximate surface area is 173 Å². The second kappa shape index (κ2) is 7.63. The summed E-state index contributed by atoms with van der Waals surface area (Å²) in [5.41, 5.74) is 2.57.